The number of nitro groups is 1. The summed E-state index contributed by atoms with van der Waals surface area (Å²) in [7, 11) is 1.52. The van der Waals surface area contributed by atoms with Gasteiger partial charge in [0, 0.05) is 7.05 Å². The van der Waals surface area contributed by atoms with Gasteiger partial charge in [-0.25, -0.2) is 4.98 Å². The molecule has 0 fully saturated rings. The third kappa shape index (κ3) is 2.81. The zero-order valence-electron chi connectivity index (χ0n) is 10.6. The molecule has 0 amide bonds. The van der Waals surface area contributed by atoms with Crippen LogP contribution in [0.2, 0.25) is 0 Å². The van der Waals surface area contributed by atoms with E-state index >= 15 is 0 Å². The Kier molecular flexibility index (Phi) is 4.06. The van der Waals surface area contributed by atoms with Crippen LogP contribution in [-0.4, -0.2) is 27.0 Å². The monoisotopic (exact) mass is 276 g/mol. The molecule has 0 aliphatic heterocycles. The first-order valence-corrected chi connectivity index (χ1v) is 5.70. The molecule has 8 heteroatoms. The third-order valence-electron chi connectivity index (χ3n) is 2.53. The number of hydrogen-bond acceptors (Lipinski definition) is 7. The van der Waals surface area contributed by atoms with E-state index in [9.17, 15) is 10.1 Å². The lowest BCUT2D eigenvalue weighted by Crippen LogP contribution is -2.03. The quantitative estimate of drug-likeness (QED) is 0.631. The highest BCUT2D eigenvalue weighted by Crippen LogP contribution is 2.33. The zero-order chi connectivity index (χ0) is 14.5. The normalized spacial score (nSPS) is 10.1. The molecular weight excluding hydrogens is 264 g/mol. The average Bonchev–Trinajstić information content (AvgIpc) is 2.47. The van der Waals surface area contributed by atoms with Crippen LogP contribution in [0, 0.1) is 10.1 Å². The number of anilines is 1. The smallest absolute Gasteiger partial charge is 0.373 e. The standard InChI is InChI=1S/C12H12N4O4/c1-13-11-10(16(18)19)12(15-7-14-11)20-9-4-2-8(6-17)3-5-9/h2-5,7,17H,6H2,1H3,(H,13,14,15). The fourth-order valence-electron chi connectivity index (χ4n) is 1.56. The first kappa shape index (κ1) is 13.7. The molecule has 2 N–H and O–H groups in total. The van der Waals surface area contributed by atoms with Crippen molar-refractivity contribution in [2.24, 2.45) is 0 Å². The Labute approximate surface area is 114 Å². The van der Waals surface area contributed by atoms with Gasteiger partial charge in [0.25, 0.3) is 0 Å². The van der Waals surface area contributed by atoms with E-state index in [0.717, 1.165) is 0 Å². The largest absolute Gasteiger partial charge is 0.434 e. The minimum absolute atomic E-state index is 0.0759. The zero-order valence-corrected chi connectivity index (χ0v) is 10.6. The summed E-state index contributed by atoms with van der Waals surface area (Å²) in [5.41, 5.74) is 0.381. The number of nitrogens with one attached hydrogen (secondary N) is 1. The van der Waals surface area contributed by atoms with Crippen molar-refractivity contribution in [2.75, 3.05) is 12.4 Å². The molecule has 104 valence electrons. The van der Waals surface area contributed by atoms with E-state index in [2.05, 4.69) is 15.3 Å². The Morgan fingerprint density at radius 3 is 2.60 bits per heavy atom. The Balaban J connectivity index is 2.34. The van der Waals surface area contributed by atoms with E-state index in [-0.39, 0.29) is 24.0 Å². The predicted octanol–water partition coefficient (Wildman–Crippen LogP) is 1.71. The summed E-state index contributed by atoms with van der Waals surface area (Å²) in [5.74, 6) is 0.309. The molecule has 1 aromatic heterocycles. The Morgan fingerprint density at radius 2 is 2.05 bits per heavy atom. The molecule has 1 heterocycles. The van der Waals surface area contributed by atoms with Crippen LogP contribution in [0.15, 0.2) is 30.6 Å². The van der Waals surface area contributed by atoms with E-state index in [4.69, 9.17) is 9.84 Å². The molecule has 0 unspecified atom stereocenters. The fraction of sp³-hybridized carbons (Fsp3) is 0.167. The second-order valence-corrected chi connectivity index (χ2v) is 3.79. The highest BCUT2D eigenvalue weighted by molar-refractivity contribution is 5.61. The Morgan fingerprint density at radius 1 is 1.35 bits per heavy atom. The van der Waals surface area contributed by atoms with E-state index in [0.29, 0.717) is 11.3 Å². The molecule has 0 bridgehead atoms. The molecule has 20 heavy (non-hydrogen) atoms. The van der Waals surface area contributed by atoms with Crippen LogP contribution in [0.25, 0.3) is 0 Å². The molecule has 2 aromatic rings. The van der Waals surface area contributed by atoms with Gasteiger partial charge in [0.15, 0.2) is 0 Å². The Hall–Kier alpha value is -2.74. The topological polar surface area (TPSA) is 110 Å². The predicted molar refractivity (Wildman–Crippen MR) is 70.7 cm³/mol. The molecule has 0 aliphatic carbocycles. The van der Waals surface area contributed by atoms with Crippen LogP contribution in [0.1, 0.15) is 5.56 Å². The Bertz CT molecular complexity index is 615. The summed E-state index contributed by atoms with van der Waals surface area (Å²) in [6.45, 7) is -0.0855. The molecule has 0 spiro atoms. The number of aromatic nitrogens is 2. The van der Waals surface area contributed by atoms with Gasteiger partial charge in [-0.2, -0.15) is 4.98 Å². The number of ether oxygens (including phenoxy) is 1. The summed E-state index contributed by atoms with van der Waals surface area (Å²) in [6.07, 6.45) is 1.18. The van der Waals surface area contributed by atoms with Crippen molar-refractivity contribution >= 4 is 11.5 Å². The van der Waals surface area contributed by atoms with Crippen molar-refractivity contribution in [1.82, 2.24) is 9.97 Å². The van der Waals surface area contributed by atoms with Gasteiger partial charge in [-0.3, -0.25) is 10.1 Å². The van der Waals surface area contributed by atoms with Gasteiger partial charge in [0.05, 0.1) is 11.5 Å². The summed E-state index contributed by atoms with van der Waals surface area (Å²) in [4.78, 5) is 18.0. The van der Waals surface area contributed by atoms with Crippen molar-refractivity contribution in [3.63, 3.8) is 0 Å². The van der Waals surface area contributed by atoms with Gasteiger partial charge in [0.2, 0.25) is 5.82 Å². The van der Waals surface area contributed by atoms with Crippen LogP contribution in [0.3, 0.4) is 0 Å². The van der Waals surface area contributed by atoms with Crippen molar-refractivity contribution in [1.29, 1.82) is 0 Å². The van der Waals surface area contributed by atoms with Gasteiger partial charge >= 0.3 is 11.6 Å². The third-order valence-corrected chi connectivity index (χ3v) is 2.53. The van der Waals surface area contributed by atoms with Gasteiger partial charge < -0.3 is 15.2 Å². The van der Waals surface area contributed by atoms with Crippen molar-refractivity contribution in [3.8, 4) is 11.6 Å². The maximum atomic E-state index is 11.1. The van der Waals surface area contributed by atoms with E-state index < -0.39 is 4.92 Å². The summed E-state index contributed by atoms with van der Waals surface area (Å²) < 4.78 is 5.40. The minimum Gasteiger partial charge on any atom is -0.434 e. The maximum Gasteiger partial charge on any atom is 0.373 e. The molecule has 0 radical (unpaired) electrons. The molecule has 0 atom stereocenters. The SMILES string of the molecule is CNc1ncnc(Oc2ccc(CO)cc2)c1[N+](=O)[O-]. The van der Waals surface area contributed by atoms with Gasteiger partial charge in [-0.05, 0) is 17.7 Å². The molecule has 8 nitrogen and oxygen atoms in total. The van der Waals surface area contributed by atoms with E-state index in [1.807, 2.05) is 0 Å². The minimum atomic E-state index is -0.608. The first-order valence-electron chi connectivity index (χ1n) is 5.70. The molecular formula is C12H12N4O4. The van der Waals surface area contributed by atoms with Crippen LogP contribution >= 0.6 is 0 Å². The highest BCUT2D eigenvalue weighted by Gasteiger charge is 2.24. The summed E-state index contributed by atoms with van der Waals surface area (Å²) in [6, 6.07) is 6.50. The second kappa shape index (κ2) is 5.93. The summed E-state index contributed by atoms with van der Waals surface area (Å²) in [5, 5.41) is 22.6. The van der Waals surface area contributed by atoms with Crippen LogP contribution in [-0.2, 0) is 6.61 Å². The van der Waals surface area contributed by atoms with Crippen molar-refractivity contribution in [3.05, 3.63) is 46.3 Å². The van der Waals surface area contributed by atoms with Gasteiger partial charge in [-0.1, -0.05) is 12.1 Å². The van der Waals surface area contributed by atoms with Gasteiger partial charge in [-0.15, -0.1) is 0 Å². The number of nitrogens with zero attached hydrogens (tertiary/aromatic N) is 3. The molecule has 0 saturated carbocycles. The number of benzene rings is 1. The number of aliphatic hydroxyl groups excluding tert-OH is 1. The van der Waals surface area contributed by atoms with Crippen molar-refractivity contribution < 1.29 is 14.8 Å². The number of aliphatic hydroxyl groups is 1. The van der Waals surface area contributed by atoms with Crippen LogP contribution in [0.5, 0.6) is 11.6 Å². The first-order chi connectivity index (χ1) is 9.65. The molecule has 2 rings (SSSR count). The molecule has 1 aromatic carbocycles. The van der Waals surface area contributed by atoms with E-state index in [1.54, 1.807) is 24.3 Å². The maximum absolute atomic E-state index is 11.1. The van der Waals surface area contributed by atoms with Gasteiger partial charge in [0.1, 0.15) is 12.1 Å². The number of rotatable bonds is 5. The van der Waals surface area contributed by atoms with Crippen LogP contribution < -0.4 is 10.1 Å². The second-order valence-electron chi connectivity index (χ2n) is 3.79. The lowest BCUT2D eigenvalue weighted by atomic mass is 10.2. The molecule has 0 aliphatic rings. The van der Waals surface area contributed by atoms with Crippen molar-refractivity contribution in [2.45, 2.75) is 6.61 Å². The van der Waals surface area contributed by atoms with E-state index in [1.165, 1.54) is 13.4 Å². The lowest BCUT2D eigenvalue weighted by Gasteiger charge is -2.07. The average molecular weight is 276 g/mol. The summed E-state index contributed by atoms with van der Waals surface area (Å²) >= 11 is 0. The number of hydrogen-bond donors (Lipinski definition) is 2. The highest BCUT2D eigenvalue weighted by atomic mass is 16.6. The van der Waals surface area contributed by atoms with Crippen LogP contribution in [0.4, 0.5) is 11.5 Å². The fourth-order valence-corrected chi connectivity index (χ4v) is 1.56. The lowest BCUT2D eigenvalue weighted by molar-refractivity contribution is -0.385. The molecule has 0 saturated heterocycles.